The summed E-state index contributed by atoms with van der Waals surface area (Å²) in [7, 11) is 0. The van der Waals surface area contributed by atoms with E-state index in [1.54, 1.807) is 5.57 Å². The summed E-state index contributed by atoms with van der Waals surface area (Å²) in [5, 5.41) is 3.53. The highest BCUT2D eigenvalue weighted by molar-refractivity contribution is 5.04. The lowest BCUT2D eigenvalue weighted by molar-refractivity contribution is 0.555. The van der Waals surface area contributed by atoms with Crippen LogP contribution in [0.4, 0.5) is 0 Å². The zero-order valence-corrected chi connectivity index (χ0v) is 9.81. The summed E-state index contributed by atoms with van der Waals surface area (Å²) in [6, 6.07) is 0. The van der Waals surface area contributed by atoms with Gasteiger partial charge in [0.2, 0.25) is 0 Å². The number of hydrogen-bond donors (Lipinski definition) is 1. The fourth-order valence-corrected chi connectivity index (χ4v) is 1.94. The minimum atomic E-state index is 0.768. The largest absolute Gasteiger partial charge is 0.313 e. The van der Waals surface area contributed by atoms with E-state index in [0.29, 0.717) is 0 Å². The Morgan fingerprint density at radius 2 is 2.00 bits per heavy atom. The summed E-state index contributed by atoms with van der Waals surface area (Å²) >= 11 is 0. The third-order valence-corrected chi connectivity index (χ3v) is 2.79. The van der Waals surface area contributed by atoms with Crippen molar-refractivity contribution in [3.8, 4) is 0 Å². The molecule has 0 amide bonds. The van der Waals surface area contributed by atoms with Gasteiger partial charge in [-0.1, -0.05) is 38.3 Å². The predicted octanol–water partition coefficient (Wildman–Crippen LogP) is 3.51. The SMILES string of the molecule is CC(C)CNCC1=CCCCCCC1. The molecule has 1 aliphatic carbocycles. The summed E-state index contributed by atoms with van der Waals surface area (Å²) in [5.74, 6) is 0.768. The maximum atomic E-state index is 3.53. The Morgan fingerprint density at radius 3 is 2.79 bits per heavy atom. The molecule has 0 aromatic heterocycles. The van der Waals surface area contributed by atoms with Crippen molar-refractivity contribution in [2.75, 3.05) is 13.1 Å². The maximum Gasteiger partial charge on any atom is 0.0164 e. The average Bonchev–Trinajstić information content (AvgIpc) is 2.07. The third kappa shape index (κ3) is 5.43. The van der Waals surface area contributed by atoms with Gasteiger partial charge in [-0.15, -0.1) is 0 Å². The molecule has 0 unspecified atom stereocenters. The van der Waals surface area contributed by atoms with Gasteiger partial charge in [0, 0.05) is 6.54 Å². The molecule has 1 N–H and O–H groups in total. The summed E-state index contributed by atoms with van der Waals surface area (Å²) in [4.78, 5) is 0. The maximum absolute atomic E-state index is 3.53. The lowest BCUT2D eigenvalue weighted by Gasteiger charge is -2.13. The molecular weight excluding hydrogens is 170 g/mol. The molecule has 82 valence electrons. The first kappa shape index (κ1) is 11.8. The number of hydrogen-bond acceptors (Lipinski definition) is 1. The smallest absolute Gasteiger partial charge is 0.0164 e. The van der Waals surface area contributed by atoms with Crippen LogP contribution >= 0.6 is 0 Å². The molecular formula is C13H25N. The Kier molecular flexibility index (Phi) is 5.93. The van der Waals surface area contributed by atoms with Crippen molar-refractivity contribution in [2.24, 2.45) is 5.92 Å². The van der Waals surface area contributed by atoms with Crippen LogP contribution in [0.25, 0.3) is 0 Å². The second-order valence-corrected chi connectivity index (χ2v) is 4.84. The molecule has 1 heteroatoms. The molecule has 1 rings (SSSR count). The summed E-state index contributed by atoms with van der Waals surface area (Å²) in [6.45, 7) is 6.80. The van der Waals surface area contributed by atoms with Crippen LogP contribution in [0.5, 0.6) is 0 Å². The van der Waals surface area contributed by atoms with E-state index in [1.807, 2.05) is 0 Å². The number of rotatable bonds is 4. The monoisotopic (exact) mass is 195 g/mol. The lowest BCUT2D eigenvalue weighted by Crippen LogP contribution is -2.22. The van der Waals surface area contributed by atoms with Crippen molar-refractivity contribution in [3.05, 3.63) is 11.6 Å². The lowest BCUT2D eigenvalue weighted by atomic mass is 10.00. The Bertz CT molecular complexity index is 170. The van der Waals surface area contributed by atoms with Crippen molar-refractivity contribution < 1.29 is 0 Å². The highest BCUT2D eigenvalue weighted by Gasteiger charge is 2.01. The van der Waals surface area contributed by atoms with Gasteiger partial charge in [0.05, 0.1) is 0 Å². The van der Waals surface area contributed by atoms with Gasteiger partial charge in [0.15, 0.2) is 0 Å². The Morgan fingerprint density at radius 1 is 1.21 bits per heavy atom. The Balaban J connectivity index is 2.19. The van der Waals surface area contributed by atoms with Gasteiger partial charge in [-0.2, -0.15) is 0 Å². The molecule has 0 bridgehead atoms. The first-order chi connectivity index (χ1) is 6.79. The molecule has 0 saturated heterocycles. The van der Waals surface area contributed by atoms with Gasteiger partial charge in [-0.3, -0.25) is 0 Å². The number of nitrogens with one attached hydrogen (secondary N) is 1. The van der Waals surface area contributed by atoms with E-state index in [2.05, 4.69) is 25.2 Å². The zero-order valence-electron chi connectivity index (χ0n) is 9.81. The van der Waals surface area contributed by atoms with Crippen LogP contribution < -0.4 is 5.32 Å². The zero-order chi connectivity index (χ0) is 10.2. The van der Waals surface area contributed by atoms with E-state index in [-0.39, 0.29) is 0 Å². The normalized spacial score (nSPS) is 18.9. The van der Waals surface area contributed by atoms with Gasteiger partial charge >= 0.3 is 0 Å². The first-order valence-corrected chi connectivity index (χ1v) is 6.17. The molecule has 0 heterocycles. The minimum Gasteiger partial charge on any atom is -0.313 e. The summed E-state index contributed by atoms with van der Waals surface area (Å²) in [6.07, 6.45) is 10.8. The van der Waals surface area contributed by atoms with E-state index in [0.717, 1.165) is 19.0 Å². The minimum absolute atomic E-state index is 0.768. The average molecular weight is 195 g/mol. The molecule has 0 atom stereocenters. The van der Waals surface area contributed by atoms with Crippen molar-refractivity contribution in [3.63, 3.8) is 0 Å². The standard InChI is InChI=1S/C13H25N/c1-12(2)10-14-11-13-8-6-4-3-5-7-9-13/h8,12,14H,3-7,9-11H2,1-2H3. The van der Waals surface area contributed by atoms with Crippen LogP contribution in [0.2, 0.25) is 0 Å². The topological polar surface area (TPSA) is 12.0 Å². The van der Waals surface area contributed by atoms with Gasteiger partial charge in [0.1, 0.15) is 0 Å². The first-order valence-electron chi connectivity index (χ1n) is 6.17. The van der Waals surface area contributed by atoms with Crippen molar-refractivity contribution in [2.45, 2.75) is 52.4 Å². The highest BCUT2D eigenvalue weighted by Crippen LogP contribution is 2.16. The third-order valence-electron chi connectivity index (χ3n) is 2.79. The van der Waals surface area contributed by atoms with Crippen LogP contribution in [-0.4, -0.2) is 13.1 Å². The Labute approximate surface area is 89.0 Å². The van der Waals surface area contributed by atoms with Gasteiger partial charge in [-0.25, -0.2) is 0 Å². The van der Waals surface area contributed by atoms with Crippen LogP contribution in [0.3, 0.4) is 0 Å². The Hall–Kier alpha value is -0.300. The van der Waals surface area contributed by atoms with Crippen LogP contribution in [-0.2, 0) is 0 Å². The molecule has 0 fully saturated rings. The van der Waals surface area contributed by atoms with Crippen molar-refractivity contribution >= 4 is 0 Å². The molecule has 0 radical (unpaired) electrons. The molecule has 1 nitrogen and oxygen atoms in total. The molecule has 14 heavy (non-hydrogen) atoms. The second kappa shape index (κ2) is 7.05. The van der Waals surface area contributed by atoms with Gasteiger partial charge < -0.3 is 5.32 Å². The molecule has 0 saturated carbocycles. The van der Waals surface area contributed by atoms with E-state index in [1.165, 1.54) is 38.5 Å². The van der Waals surface area contributed by atoms with Crippen LogP contribution in [0.1, 0.15) is 52.4 Å². The molecule has 0 aromatic carbocycles. The van der Waals surface area contributed by atoms with Crippen molar-refractivity contribution in [1.82, 2.24) is 5.32 Å². The highest BCUT2D eigenvalue weighted by atomic mass is 14.9. The molecule has 0 spiro atoms. The van der Waals surface area contributed by atoms with Crippen LogP contribution in [0, 0.1) is 5.92 Å². The van der Waals surface area contributed by atoms with E-state index >= 15 is 0 Å². The molecule has 1 aliphatic rings. The summed E-state index contributed by atoms with van der Waals surface area (Å²) in [5.41, 5.74) is 1.64. The van der Waals surface area contributed by atoms with E-state index in [4.69, 9.17) is 0 Å². The second-order valence-electron chi connectivity index (χ2n) is 4.84. The number of allylic oxidation sites excluding steroid dienone is 1. The summed E-state index contributed by atoms with van der Waals surface area (Å²) < 4.78 is 0. The quantitative estimate of drug-likeness (QED) is 0.677. The van der Waals surface area contributed by atoms with Gasteiger partial charge in [0.25, 0.3) is 0 Å². The van der Waals surface area contributed by atoms with E-state index < -0.39 is 0 Å². The van der Waals surface area contributed by atoms with E-state index in [9.17, 15) is 0 Å². The van der Waals surface area contributed by atoms with Crippen molar-refractivity contribution in [1.29, 1.82) is 0 Å². The predicted molar refractivity (Wildman–Crippen MR) is 63.5 cm³/mol. The van der Waals surface area contributed by atoms with Gasteiger partial charge in [-0.05, 0) is 38.1 Å². The molecule has 0 aliphatic heterocycles. The fourth-order valence-electron chi connectivity index (χ4n) is 1.94. The molecule has 0 aromatic rings. The van der Waals surface area contributed by atoms with Crippen LogP contribution in [0.15, 0.2) is 11.6 Å². The fraction of sp³-hybridized carbons (Fsp3) is 0.846.